The van der Waals surface area contributed by atoms with Crippen molar-refractivity contribution in [3.63, 3.8) is 0 Å². The fraction of sp³-hybridized carbons (Fsp3) is 0.412. The molecule has 1 amide bonds. The fourth-order valence-electron chi connectivity index (χ4n) is 2.12. The molecule has 0 atom stereocenters. The van der Waals surface area contributed by atoms with Crippen LogP contribution in [0.4, 0.5) is 9.59 Å². The van der Waals surface area contributed by atoms with E-state index in [1.807, 2.05) is 6.92 Å². The van der Waals surface area contributed by atoms with Crippen molar-refractivity contribution in [3.05, 3.63) is 29.8 Å². The molecular formula is C17H19NO7. The minimum atomic E-state index is -1.34. The van der Waals surface area contributed by atoms with Gasteiger partial charge in [-0.25, -0.2) is 9.59 Å². The molecule has 8 heteroatoms. The summed E-state index contributed by atoms with van der Waals surface area (Å²) in [4.78, 5) is 45.7. The molecule has 0 heterocycles. The van der Waals surface area contributed by atoms with Crippen LogP contribution in [0.2, 0.25) is 0 Å². The highest BCUT2D eigenvalue weighted by Crippen LogP contribution is 2.16. The maximum atomic E-state index is 11.5. The Morgan fingerprint density at radius 3 is 2.36 bits per heavy atom. The van der Waals surface area contributed by atoms with Crippen molar-refractivity contribution in [2.75, 3.05) is 6.54 Å². The molecule has 134 valence electrons. The maximum absolute atomic E-state index is 11.5. The van der Waals surface area contributed by atoms with Crippen LogP contribution in [0, 0.1) is 0 Å². The van der Waals surface area contributed by atoms with E-state index in [0.29, 0.717) is 17.9 Å². The van der Waals surface area contributed by atoms with Crippen LogP contribution in [0.3, 0.4) is 0 Å². The van der Waals surface area contributed by atoms with Gasteiger partial charge in [0.1, 0.15) is 12.4 Å². The molecule has 0 aliphatic heterocycles. The van der Waals surface area contributed by atoms with E-state index in [-0.39, 0.29) is 19.4 Å². The van der Waals surface area contributed by atoms with Crippen LogP contribution in [0.15, 0.2) is 24.3 Å². The molecule has 0 radical (unpaired) electrons. The third-order valence-electron chi connectivity index (χ3n) is 3.43. The van der Waals surface area contributed by atoms with Gasteiger partial charge in [0, 0.05) is 19.4 Å². The highest BCUT2D eigenvalue weighted by atomic mass is 16.7. The van der Waals surface area contributed by atoms with E-state index in [4.69, 9.17) is 14.2 Å². The zero-order valence-electron chi connectivity index (χ0n) is 13.8. The number of amides is 1. The molecule has 2 rings (SSSR count). The normalized spacial score (nSPS) is 14.3. The molecule has 0 saturated heterocycles. The van der Waals surface area contributed by atoms with Crippen molar-refractivity contribution >= 4 is 23.8 Å². The third-order valence-corrected chi connectivity index (χ3v) is 3.43. The quantitative estimate of drug-likeness (QED) is 0.619. The van der Waals surface area contributed by atoms with Gasteiger partial charge in [0.25, 0.3) is 0 Å². The van der Waals surface area contributed by atoms with Crippen molar-refractivity contribution in [2.45, 2.75) is 38.9 Å². The second-order valence-electron chi connectivity index (χ2n) is 5.43. The van der Waals surface area contributed by atoms with E-state index in [2.05, 4.69) is 5.32 Å². The number of carbonyl (C=O) groups is 4. The lowest BCUT2D eigenvalue weighted by Crippen LogP contribution is -2.28. The standard InChI is InChI=1S/C17H19NO7/c1-2-9-18-16(21)24-12-5-3-11(4-6-12)10-23-17(22)25-15-13(19)7-8-14(15)20/h3-6,15H,2,7-10H2,1H3,(H,18,21). The summed E-state index contributed by atoms with van der Waals surface area (Å²) in [7, 11) is 0. The van der Waals surface area contributed by atoms with Crippen LogP contribution in [-0.2, 0) is 25.7 Å². The first-order chi connectivity index (χ1) is 12.0. The topological polar surface area (TPSA) is 108 Å². The molecule has 1 fully saturated rings. The van der Waals surface area contributed by atoms with Gasteiger partial charge in [-0.05, 0) is 24.1 Å². The smallest absolute Gasteiger partial charge is 0.429 e. The Kier molecular flexibility index (Phi) is 6.50. The molecule has 8 nitrogen and oxygen atoms in total. The summed E-state index contributed by atoms with van der Waals surface area (Å²) in [6.07, 6.45) is -1.98. The summed E-state index contributed by atoms with van der Waals surface area (Å²) >= 11 is 0. The highest BCUT2D eigenvalue weighted by Gasteiger charge is 2.36. The van der Waals surface area contributed by atoms with Crippen molar-refractivity contribution in [1.82, 2.24) is 5.32 Å². The first kappa shape index (κ1) is 18.4. The van der Waals surface area contributed by atoms with Gasteiger partial charge in [-0.2, -0.15) is 0 Å². The van der Waals surface area contributed by atoms with Crippen LogP contribution < -0.4 is 10.1 Å². The molecule has 25 heavy (non-hydrogen) atoms. The predicted octanol–water partition coefficient (Wildman–Crippen LogP) is 2.14. The molecule has 1 N–H and O–H groups in total. The number of rotatable bonds is 6. The lowest BCUT2D eigenvalue weighted by molar-refractivity contribution is -0.134. The zero-order valence-corrected chi connectivity index (χ0v) is 13.8. The van der Waals surface area contributed by atoms with Gasteiger partial charge in [0.2, 0.25) is 6.10 Å². The number of nitrogens with one attached hydrogen (secondary N) is 1. The number of ketones is 2. The Morgan fingerprint density at radius 1 is 1.12 bits per heavy atom. The highest BCUT2D eigenvalue weighted by molar-refractivity contribution is 6.12. The van der Waals surface area contributed by atoms with Crippen LogP contribution in [0.1, 0.15) is 31.7 Å². The van der Waals surface area contributed by atoms with Gasteiger partial charge in [0.05, 0.1) is 0 Å². The average molecular weight is 349 g/mol. The Hall–Kier alpha value is -2.90. The van der Waals surface area contributed by atoms with Crippen molar-refractivity contribution < 1.29 is 33.4 Å². The zero-order chi connectivity index (χ0) is 18.2. The molecule has 0 unspecified atom stereocenters. The van der Waals surface area contributed by atoms with Crippen LogP contribution in [-0.4, -0.2) is 36.5 Å². The van der Waals surface area contributed by atoms with Crippen LogP contribution in [0.5, 0.6) is 5.75 Å². The number of benzene rings is 1. The second-order valence-corrected chi connectivity index (χ2v) is 5.43. The van der Waals surface area contributed by atoms with Crippen LogP contribution in [0.25, 0.3) is 0 Å². The Balaban J connectivity index is 1.77. The van der Waals surface area contributed by atoms with Gasteiger partial charge < -0.3 is 19.5 Å². The van der Waals surface area contributed by atoms with E-state index in [0.717, 1.165) is 6.42 Å². The van der Waals surface area contributed by atoms with Crippen molar-refractivity contribution in [3.8, 4) is 5.75 Å². The van der Waals surface area contributed by atoms with Gasteiger partial charge in [-0.3, -0.25) is 9.59 Å². The maximum Gasteiger partial charge on any atom is 0.509 e. The van der Waals surface area contributed by atoms with Gasteiger partial charge in [-0.1, -0.05) is 19.1 Å². The average Bonchev–Trinajstić information content (AvgIpc) is 2.91. The lowest BCUT2D eigenvalue weighted by atomic mass is 10.2. The summed E-state index contributed by atoms with van der Waals surface area (Å²) in [5.74, 6) is -0.475. The SMILES string of the molecule is CCCNC(=O)Oc1ccc(COC(=O)OC2C(=O)CCC2=O)cc1. The first-order valence-corrected chi connectivity index (χ1v) is 7.93. The van der Waals surface area contributed by atoms with E-state index >= 15 is 0 Å². The summed E-state index contributed by atoms with van der Waals surface area (Å²) in [5, 5.41) is 2.57. The Morgan fingerprint density at radius 2 is 1.76 bits per heavy atom. The fourth-order valence-corrected chi connectivity index (χ4v) is 2.12. The van der Waals surface area contributed by atoms with Gasteiger partial charge in [-0.15, -0.1) is 0 Å². The van der Waals surface area contributed by atoms with E-state index < -0.39 is 29.9 Å². The number of hydrogen-bond donors (Lipinski definition) is 1. The Labute approximate surface area is 144 Å². The second kappa shape index (κ2) is 8.81. The van der Waals surface area contributed by atoms with Crippen LogP contribution >= 0.6 is 0 Å². The largest absolute Gasteiger partial charge is 0.509 e. The predicted molar refractivity (Wildman–Crippen MR) is 85.1 cm³/mol. The minimum absolute atomic E-state index is 0.0874. The summed E-state index contributed by atoms with van der Waals surface area (Å²) < 4.78 is 14.7. The molecular weight excluding hydrogens is 330 g/mol. The summed E-state index contributed by atoms with van der Waals surface area (Å²) in [6, 6.07) is 6.34. The summed E-state index contributed by atoms with van der Waals surface area (Å²) in [5.41, 5.74) is 0.627. The summed E-state index contributed by atoms with van der Waals surface area (Å²) in [6.45, 7) is 2.35. The van der Waals surface area contributed by atoms with Gasteiger partial charge >= 0.3 is 12.2 Å². The number of hydrogen-bond acceptors (Lipinski definition) is 7. The number of carbonyl (C=O) groups excluding carboxylic acids is 4. The molecule has 0 spiro atoms. The third kappa shape index (κ3) is 5.59. The van der Waals surface area contributed by atoms with Gasteiger partial charge in [0.15, 0.2) is 11.6 Å². The molecule has 0 aromatic heterocycles. The van der Waals surface area contributed by atoms with E-state index in [9.17, 15) is 19.2 Å². The number of Topliss-reactive ketones (excluding diaryl/α,β-unsaturated/α-hetero) is 2. The molecule has 1 aromatic carbocycles. The lowest BCUT2D eigenvalue weighted by Gasteiger charge is -2.10. The molecule has 1 aliphatic rings. The number of ether oxygens (including phenoxy) is 3. The molecule has 0 bridgehead atoms. The van der Waals surface area contributed by atoms with E-state index in [1.54, 1.807) is 24.3 Å². The molecule has 1 saturated carbocycles. The van der Waals surface area contributed by atoms with Crippen molar-refractivity contribution in [1.29, 1.82) is 0 Å². The first-order valence-electron chi connectivity index (χ1n) is 7.93. The molecule has 1 aromatic rings. The molecule has 1 aliphatic carbocycles. The minimum Gasteiger partial charge on any atom is -0.429 e. The van der Waals surface area contributed by atoms with Crippen molar-refractivity contribution in [2.24, 2.45) is 0 Å². The monoisotopic (exact) mass is 349 g/mol. The Bertz CT molecular complexity index is 637. The van der Waals surface area contributed by atoms with E-state index in [1.165, 1.54) is 0 Å².